The maximum atomic E-state index is 13.1. The lowest BCUT2D eigenvalue weighted by molar-refractivity contribution is 0.517. The van der Waals surface area contributed by atoms with Crippen molar-refractivity contribution in [1.82, 2.24) is 24.7 Å². The van der Waals surface area contributed by atoms with Gasteiger partial charge in [-0.3, -0.25) is 14.5 Å². The molecule has 0 bridgehead atoms. The Hall–Kier alpha value is -3.94. The van der Waals surface area contributed by atoms with E-state index in [-0.39, 0.29) is 5.56 Å². The Morgan fingerprint density at radius 1 is 1.07 bits per heavy atom. The molecule has 132 valence electrons. The molecule has 8 nitrogen and oxygen atoms in total. The average Bonchev–Trinajstić information content (AvgIpc) is 3.39. The van der Waals surface area contributed by atoms with Crippen LogP contribution >= 0.6 is 0 Å². The summed E-state index contributed by atoms with van der Waals surface area (Å²) >= 11 is 0. The van der Waals surface area contributed by atoms with Crippen LogP contribution in [0.2, 0.25) is 0 Å². The van der Waals surface area contributed by atoms with Crippen LogP contribution in [0.3, 0.4) is 0 Å². The largest absolute Gasteiger partial charge is 0.467 e. The van der Waals surface area contributed by atoms with E-state index in [0.29, 0.717) is 29.0 Å². The lowest BCUT2D eigenvalue weighted by atomic mass is 10.2. The molecule has 0 amide bonds. The molecule has 5 rings (SSSR count). The number of hydrogen-bond acceptors (Lipinski definition) is 6. The standard InChI is InChI=1S/C19H14N6O2/c26-18-15-11-22-24-16(15)14-10-21-19(20-9-13-7-4-8-27-13)23-17(14)25(18)12-5-2-1-3-6-12/h1-8,10-11H,9H2,(H,22,24)(H,20,21,23). The van der Waals surface area contributed by atoms with Gasteiger partial charge in [0.05, 0.1) is 41.0 Å². The van der Waals surface area contributed by atoms with Gasteiger partial charge in [0.1, 0.15) is 5.76 Å². The molecular formula is C19H14N6O2. The molecule has 0 aliphatic carbocycles. The molecule has 4 heterocycles. The van der Waals surface area contributed by atoms with E-state index in [4.69, 9.17) is 4.42 Å². The van der Waals surface area contributed by atoms with Crippen molar-refractivity contribution >= 4 is 27.9 Å². The van der Waals surface area contributed by atoms with E-state index in [9.17, 15) is 4.79 Å². The molecule has 2 N–H and O–H groups in total. The molecule has 0 aliphatic rings. The zero-order valence-electron chi connectivity index (χ0n) is 14.1. The molecule has 5 aromatic rings. The van der Waals surface area contributed by atoms with Crippen LogP contribution in [0.25, 0.3) is 27.6 Å². The van der Waals surface area contributed by atoms with Crippen LogP contribution in [0.5, 0.6) is 0 Å². The zero-order chi connectivity index (χ0) is 18.2. The van der Waals surface area contributed by atoms with E-state index in [0.717, 1.165) is 16.8 Å². The van der Waals surface area contributed by atoms with E-state index < -0.39 is 0 Å². The van der Waals surface area contributed by atoms with Crippen molar-refractivity contribution < 1.29 is 4.42 Å². The molecular weight excluding hydrogens is 344 g/mol. The molecule has 0 saturated heterocycles. The van der Waals surface area contributed by atoms with Crippen molar-refractivity contribution in [2.75, 3.05) is 5.32 Å². The monoisotopic (exact) mass is 358 g/mol. The van der Waals surface area contributed by atoms with Crippen LogP contribution in [-0.4, -0.2) is 24.7 Å². The van der Waals surface area contributed by atoms with Gasteiger partial charge in [-0.2, -0.15) is 10.1 Å². The van der Waals surface area contributed by atoms with Crippen molar-refractivity contribution in [2.24, 2.45) is 0 Å². The SMILES string of the molecule is O=c1c2cn[nH]c2c2cnc(NCc3ccco3)nc2n1-c1ccccc1. The third kappa shape index (κ3) is 2.54. The number of aromatic nitrogens is 5. The summed E-state index contributed by atoms with van der Waals surface area (Å²) in [7, 11) is 0. The van der Waals surface area contributed by atoms with E-state index in [2.05, 4.69) is 25.5 Å². The Balaban J connectivity index is 1.72. The number of benzene rings is 1. The van der Waals surface area contributed by atoms with Crippen LogP contribution in [0.15, 0.2) is 70.3 Å². The van der Waals surface area contributed by atoms with Gasteiger partial charge in [0.2, 0.25) is 5.95 Å². The van der Waals surface area contributed by atoms with E-state index >= 15 is 0 Å². The lowest BCUT2D eigenvalue weighted by Crippen LogP contribution is -2.20. The van der Waals surface area contributed by atoms with Gasteiger partial charge in [-0.05, 0) is 24.3 Å². The van der Waals surface area contributed by atoms with Gasteiger partial charge >= 0.3 is 0 Å². The summed E-state index contributed by atoms with van der Waals surface area (Å²) < 4.78 is 6.89. The fourth-order valence-electron chi connectivity index (χ4n) is 3.07. The Bertz CT molecular complexity index is 1290. The van der Waals surface area contributed by atoms with E-state index in [1.165, 1.54) is 6.20 Å². The van der Waals surface area contributed by atoms with Crippen LogP contribution in [-0.2, 0) is 6.54 Å². The Morgan fingerprint density at radius 2 is 1.96 bits per heavy atom. The summed E-state index contributed by atoms with van der Waals surface area (Å²) in [5.74, 6) is 1.17. The summed E-state index contributed by atoms with van der Waals surface area (Å²) in [6, 6.07) is 13.1. The van der Waals surface area contributed by atoms with Gasteiger partial charge in [-0.25, -0.2) is 4.98 Å². The maximum absolute atomic E-state index is 13.1. The van der Waals surface area contributed by atoms with Crippen LogP contribution < -0.4 is 10.9 Å². The molecule has 0 radical (unpaired) electrons. The summed E-state index contributed by atoms with van der Waals surface area (Å²) in [6.45, 7) is 0.445. The van der Waals surface area contributed by atoms with Gasteiger partial charge in [0.15, 0.2) is 5.65 Å². The fraction of sp³-hybridized carbons (Fsp3) is 0.0526. The number of fused-ring (bicyclic) bond motifs is 3. The number of anilines is 1. The Labute approximate surface area is 152 Å². The van der Waals surface area contributed by atoms with Crippen LogP contribution in [0.4, 0.5) is 5.95 Å². The summed E-state index contributed by atoms with van der Waals surface area (Å²) in [6.07, 6.45) is 4.83. The molecule has 0 spiro atoms. The molecule has 27 heavy (non-hydrogen) atoms. The van der Waals surface area contributed by atoms with Crippen molar-refractivity contribution in [3.8, 4) is 5.69 Å². The molecule has 0 fully saturated rings. The van der Waals surface area contributed by atoms with Gasteiger partial charge < -0.3 is 9.73 Å². The third-order valence-corrected chi connectivity index (χ3v) is 4.34. The minimum atomic E-state index is -0.187. The number of H-pyrrole nitrogens is 1. The molecule has 8 heteroatoms. The molecule has 0 atom stereocenters. The third-order valence-electron chi connectivity index (χ3n) is 4.34. The number of furan rings is 1. The highest BCUT2D eigenvalue weighted by atomic mass is 16.3. The van der Waals surface area contributed by atoms with Gasteiger partial charge in [-0.15, -0.1) is 0 Å². The Morgan fingerprint density at radius 3 is 2.78 bits per heavy atom. The quantitative estimate of drug-likeness (QED) is 0.512. The van der Waals surface area contributed by atoms with Crippen molar-refractivity contribution in [2.45, 2.75) is 6.54 Å². The number of aromatic amines is 1. The van der Waals surface area contributed by atoms with Crippen LogP contribution in [0.1, 0.15) is 5.76 Å². The number of para-hydroxylation sites is 1. The first kappa shape index (κ1) is 15.3. The number of hydrogen-bond donors (Lipinski definition) is 2. The maximum Gasteiger partial charge on any atom is 0.267 e. The summed E-state index contributed by atoms with van der Waals surface area (Å²) in [5.41, 5.74) is 1.67. The number of pyridine rings is 1. The van der Waals surface area contributed by atoms with E-state index in [1.54, 1.807) is 17.0 Å². The predicted molar refractivity (Wildman–Crippen MR) is 101 cm³/mol. The molecule has 0 unspecified atom stereocenters. The molecule has 0 saturated carbocycles. The molecule has 1 aromatic carbocycles. The Kier molecular flexibility index (Phi) is 3.46. The zero-order valence-corrected chi connectivity index (χ0v) is 14.1. The molecule has 0 aliphatic heterocycles. The highest BCUT2D eigenvalue weighted by molar-refractivity contribution is 6.02. The van der Waals surface area contributed by atoms with Gasteiger partial charge in [0, 0.05) is 6.20 Å². The highest BCUT2D eigenvalue weighted by Gasteiger charge is 2.16. The number of nitrogens with zero attached hydrogens (tertiary/aromatic N) is 4. The van der Waals surface area contributed by atoms with E-state index in [1.807, 2.05) is 42.5 Å². The fourth-order valence-corrected chi connectivity index (χ4v) is 3.07. The lowest BCUT2D eigenvalue weighted by Gasteiger charge is -2.11. The molecule has 4 aromatic heterocycles. The second-order valence-corrected chi connectivity index (χ2v) is 6.00. The number of rotatable bonds is 4. The average molecular weight is 358 g/mol. The second kappa shape index (κ2) is 6.10. The number of nitrogens with one attached hydrogen (secondary N) is 2. The first-order valence-corrected chi connectivity index (χ1v) is 8.38. The predicted octanol–water partition coefficient (Wildman–Crippen LogP) is 2.86. The van der Waals surface area contributed by atoms with Crippen LogP contribution in [0, 0.1) is 0 Å². The normalized spacial score (nSPS) is 11.3. The minimum Gasteiger partial charge on any atom is -0.467 e. The van der Waals surface area contributed by atoms with Gasteiger partial charge in [-0.1, -0.05) is 18.2 Å². The van der Waals surface area contributed by atoms with Crippen molar-refractivity contribution in [3.05, 3.63) is 77.2 Å². The first-order chi connectivity index (χ1) is 13.3. The van der Waals surface area contributed by atoms with Gasteiger partial charge in [0.25, 0.3) is 5.56 Å². The first-order valence-electron chi connectivity index (χ1n) is 8.38. The summed E-state index contributed by atoms with van der Waals surface area (Å²) in [5, 5.41) is 11.2. The topological polar surface area (TPSA) is 102 Å². The minimum absolute atomic E-state index is 0.187. The summed E-state index contributed by atoms with van der Waals surface area (Å²) in [4.78, 5) is 22.0. The highest BCUT2D eigenvalue weighted by Crippen LogP contribution is 2.22. The van der Waals surface area contributed by atoms with Crippen molar-refractivity contribution in [3.63, 3.8) is 0 Å². The second-order valence-electron chi connectivity index (χ2n) is 6.00. The van der Waals surface area contributed by atoms with Crippen molar-refractivity contribution in [1.29, 1.82) is 0 Å². The smallest absolute Gasteiger partial charge is 0.267 e.